The number of rotatable bonds is 0. The summed E-state index contributed by atoms with van der Waals surface area (Å²) in [6.07, 6.45) is 0. The number of alkyl halides is 3. The van der Waals surface area contributed by atoms with Crippen LogP contribution in [0.15, 0.2) is 9.98 Å². The molecule has 0 aliphatic heterocycles. The van der Waals surface area contributed by atoms with Gasteiger partial charge in [0.05, 0.1) is 0 Å². The minimum atomic E-state index is -1.78. The maximum Gasteiger partial charge on any atom is 0.294 e. The lowest BCUT2D eigenvalue weighted by atomic mass is 11.1. The van der Waals surface area contributed by atoms with E-state index in [9.17, 15) is 0 Å². The summed E-state index contributed by atoms with van der Waals surface area (Å²) in [7, 11) is 0. The molecule has 0 saturated carbocycles. The zero-order valence-corrected chi connectivity index (χ0v) is 6.87. The van der Waals surface area contributed by atoms with Gasteiger partial charge in [0.1, 0.15) is 6.01 Å². The monoisotopic (exact) mass is 200 g/mol. The third-order valence-corrected chi connectivity index (χ3v) is 0.601. The van der Waals surface area contributed by atoms with E-state index in [-0.39, 0.29) is 0 Å². The summed E-state index contributed by atoms with van der Waals surface area (Å²) in [6, 6.07) is 1.93. The number of hydrogen-bond acceptors (Lipinski definition) is 2. The molecule has 0 aromatic heterocycles. The molecule has 3 N–H and O–H groups in total. The van der Waals surface area contributed by atoms with E-state index in [1.807, 2.05) is 6.01 Å². The van der Waals surface area contributed by atoms with Crippen LogP contribution in [-0.2, 0) is 0 Å². The normalized spacial score (nSPS) is 9.90. The van der Waals surface area contributed by atoms with Gasteiger partial charge in [0.2, 0.25) is 5.96 Å². The maximum absolute atomic E-state index is 6.56. The van der Waals surface area contributed by atoms with Gasteiger partial charge in [-0.05, 0) is 0 Å². The lowest BCUT2D eigenvalue weighted by Gasteiger charge is -1.96. The molecule has 0 bridgehead atoms. The van der Waals surface area contributed by atoms with Crippen molar-refractivity contribution in [2.45, 2.75) is 3.92 Å². The van der Waals surface area contributed by atoms with Crippen LogP contribution in [0.3, 0.4) is 0 Å². The van der Waals surface area contributed by atoms with Gasteiger partial charge in [-0.2, -0.15) is 9.98 Å². The van der Waals surface area contributed by atoms with Crippen LogP contribution in [0.1, 0.15) is 0 Å². The van der Waals surface area contributed by atoms with E-state index in [4.69, 9.17) is 45.9 Å². The Bertz CT molecular complexity index is 186. The second-order valence-electron chi connectivity index (χ2n) is 1.18. The fraction of sp³-hybridized carbons (Fsp3) is 0.333. The predicted molar refractivity (Wildman–Crippen MR) is 42.1 cm³/mol. The highest BCUT2D eigenvalue weighted by Crippen LogP contribution is 2.26. The third-order valence-electron chi connectivity index (χ3n) is 0.347. The fourth-order valence-corrected chi connectivity index (χ4v) is 0.249. The SMILES string of the molecule is N=C(N)N=C=NC(Cl)(Cl)Cl. The van der Waals surface area contributed by atoms with Crippen molar-refractivity contribution in [3.63, 3.8) is 0 Å². The van der Waals surface area contributed by atoms with Gasteiger partial charge in [-0.3, -0.25) is 5.41 Å². The first kappa shape index (κ1) is 9.72. The standard InChI is InChI=1S/C3H3Cl3N4/c4-3(5,6)10-1-9-2(7)8/h(H3,7,8). The quantitative estimate of drug-likeness (QED) is 0.264. The second-order valence-corrected chi connectivity index (χ2v) is 3.40. The Morgan fingerprint density at radius 3 is 2.30 bits per heavy atom. The van der Waals surface area contributed by atoms with E-state index in [1.54, 1.807) is 0 Å². The molecule has 0 saturated heterocycles. The summed E-state index contributed by atoms with van der Waals surface area (Å²) in [4.78, 5) is 6.26. The summed E-state index contributed by atoms with van der Waals surface area (Å²) in [6.45, 7) is 0. The number of nitrogens with zero attached hydrogens (tertiary/aromatic N) is 2. The molecule has 0 spiro atoms. The molecule has 0 aromatic rings. The van der Waals surface area contributed by atoms with E-state index in [0.717, 1.165) is 0 Å². The van der Waals surface area contributed by atoms with Crippen molar-refractivity contribution in [2.75, 3.05) is 0 Å². The van der Waals surface area contributed by atoms with Gasteiger partial charge < -0.3 is 5.73 Å². The Labute approximate surface area is 72.2 Å². The van der Waals surface area contributed by atoms with E-state index >= 15 is 0 Å². The van der Waals surface area contributed by atoms with E-state index in [2.05, 4.69) is 9.98 Å². The van der Waals surface area contributed by atoms with Gasteiger partial charge >= 0.3 is 0 Å². The summed E-state index contributed by atoms with van der Waals surface area (Å²) < 4.78 is -1.78. The molecule has 0 unspecified atom stereocenters. The van der Waals surface area contributed by atoms with Crippen LogP contribution in [0.2, 0.25) is 0 Å². The van der Waals surface area contributed by atoms with Crippen LogP contribution >= 0.6 is 34.8 Å². The lowest BCUT2D eigenvalue weighted by Crippen LogP contribution is -2.04. The molecule has 0 amide bonds. The highest BCUT2D eigenvalue weighted by Gasteiger charge is 2.15. The fourth-order valence-electron chi connectivity index (χ4n) is 0.136. The molecule has 0 radical (unpaired) electrons. The molecule has 4 nitrogen and oxygen atoms in total. The Balaban J connectivity index is 4.12. The predicted octanol–water partition coefficient (Wildman–Crippen LogP) is 1.38. The van der Waals surface area contributed by atoms with Gasteiger partial charge in [0.25, 0.3) is 3.92 Å². The van der Waals surface area contributed by atoms with Gasteiger partial charge in [0, 0.05) is 0 Å². The number of hydrogen-bond donors (Lipinski definition) is 2. The molecule has 7 heteroatoms. The van der Waals surface area contributed by atoms with Gasteiger partial charge in [-0.25, -0.2) is 0 Å². The molecule has 0 heterocycles. The molecule has 0 fully saturated rings. The molecule has 0 aliphatic carbocycles. The minimum absolute atomic E-state index is 0.446. The van der Waals surface area contributed by atoms with Crippen LogP contribution < -0.4 is 5.73 Å². The number of halogens is 3. The molecule has 10 heavy (non-hydrogen) atoms. The Hall–Kier alpha value is -0.280. The molecule has 0 aliphatic rings. The minimum Gasteiger partial charge on any atom is -0.368 e. The van der Waals surface area contributed by atoms with E-state index in [1.165, 1.54) is 0 Å². The Kier molecular flexibility index (Phi) is 3.68. The smallest absolute Gasteiger partial charge is 0.294 e. The third kappa shape index (κ3) is 7.72. The van der Waals surface area contributed by atoms with Gasteiger partial charge in [-0.1, -0.05) is 34.8 Å². The molecule has 0 rings (SSSR count). The lowest BCUT2D eigenvalue weighted by molar-refractivity contribution is 1.18. The average molecular weight is 201 g/mol. The summed E-state index contributed by atoms with van der Waals surface area (Å²) in [5.74, 6) is -0.446. The summed E-state index contributed by atoms with van der Waals surface area (Å²) >= 11 is 15.4. The first-order valence-corrected chi connectivity index (χ1v) is 3.13. The van der Waals surface area contributed by atoms with E-state index < -0.39 is 9.88 Å². The molecule has 56 valence electrons. The van der Waals surface area contributed by atoms with Crippen molar-refractivity contribution in [3.05, 3.63) is 0 Å². The Morgan fingerprint density at radius 1 is 1.50 bits per heavy atom. The average Bonchev–Trinajstić information content (AvgIpc) is 1.59. The van der Waals surface area contributed by atoms with Crippen molar-refractivity contribution in [3.8, 4) is 0 Å². The van der Waals surface area contributed by atoms with Crippen molar-refractivity contribution in [1.29, 1.82) is 5.41 Å². The molecule has 0 aromatic carbocycles. The van der Waals surface area contributed by atoms with E-state index in [0.29, 0.717) is 0 Å². The molecular formula is C3H3Cl3N4. The van der Waals surface area contributed by atoms with Crippen LogP contribution in [0, 0.1) is 5.41 Å². The maximum atomic E-state index is 6.56. The highest BCUT2D eigenvalue weighted by molar-refractivity contribution is 6.67. The van der Waals surface area contributed by atoms with Crippen LogP contribution in [0.25, 0.3) is 0 Å². The first-order chi connectivity index (χ1) is 4.42. The summed E-state index contributed by atoms with van der Waals surface area (Å²) in [5.41, 5.74) is 4.79. The van der Waals surface area contributed by atoms with Crippen LogP contribution in [0.4, 0.5) is 0 Å². The summed E-state index contributed by atoms with van der Waals surface area (Å²) in [5, 5.41) is 6.56. The Morgan fingerprint density at radius 2 is 2.00 bits per heavy atom. The number of guanidine groups is 1. The number of nitrogens with two attached hydrogens (primary N) is 1. The first-order valence-electron chi connectivity index (χ1n) is 2.00. The zero-order chi connectivity index (χ0) is 8.20. The van der Waals surface area contributed by atoms with Crippen molar-refractivity contribution < 1.29 is 0 Å². The second kappa shape index (κ2) is 3.78. The molecular weight excluding hydrogens is 198 g/mol. The number of aliphatic imine (C=N–C) groups is 2. The highest BCUT2D eigenvalue weighted by atomic mass is 35.6. The van der Waals surface area contributed by atoms with Crippen LogP contribution in [0.5, 0.6) is 0 Å². The van der Waals surface area contributed by atoms with Gasteiger partial charge in [-0.15, -0.1) is 0 Å². The number of nitrogens with one attached hydrogen (secondary N) is 1. The molecule has 0 atom stereocenters. The van der Waals surface area contributed by atoms with Crippen LogP contribution in [-0.4, -0.2) is 15.9 Å². The largest absolute Gasteiger partial charge is 0.368 e. The topological polar surface area (TPSA) is 74.6 Å². The van der Waals surface area contributed by atoms with Crippen molar-refractivity contribution >= 4 is 46.8 Å². The van der Waals surface area contributed by atoms with Crippen molar-refractivity contribution in [2.24, 2.45) is 15.7 Å². The zero-order valence-electron chi connectivity index (χ0n) is 4.61. The van der Waals surface area contributed by atoms with Crippen molar-refractivity contribution in [1.82, 2.24) is 0 Å². The van der Waals surface area contributed by atoms with Gasteiger partial charge in [0.15, 0.2) is 0 Å².